The quantitative estimate of drug-likeness (QED) is 0.553. The van der Waals surface area contributed by atoms with Crippen LogP contribution in [0.4, 0.5) is 5.69 Å². The molecule has 3 N–H and O–H groups in total. The number of imidazole rings is 1. The summed E-state index contributed by atoms with van der Waals surface area (Å²) >= 11 is 3.48. The maximum atomic E-state index is 9.83. The highest BCUT2D eigenvalue weighted by molar-refractivity contribution is 9.10. The molecular weight excluding hydrogens is 330 g/mol. The fourth-order valence-corrected chi connectivity index (χ4v) is 2.81. The van der Waals surface area contributed by atoms with E-state index in [2.05, 4.69) is 33.5 Å². The van der Waals surface area contributed by atoms with E-state index in [0.29, 0.717) is 5.69 Å². The highest BCUT2D eigenvalue weighted by atomic mass is 79.9. The molecule has 3 rings (SSSR count). The third-order valence-electron chi connectivity index (χ3n) is 3.45. The lowest BCUT2D eigenvalue weighted by molar-refractivity contribution is 0.478. The highest BCUT2D eigenvalue weighted by Gasteiger charge is 2.13. The van der Waals surface area contributed by atoms with E-state index in [4.69, 9.17) is 10.7 Å². The van der Waals surface area contributed by atoms with E-state index in [1.807, 2.05) is 18.2 Å². The van der Waals surface area contributed by atoms with E-state index in [0.717, 1.165) is 39.9 Å². The molecule has 5 heteroatoms. The summed E-state index contributed by atoms with van der Waals surface area (Å²) in [5.41, 5.74) is 8.94. The molecule has 0 aliphatic heterocycles. The molecule has 3 aromatic rings. The molecule has 0 bridgehead atoms. The number of rotatable bonds is 3. The van der Waals surface area contributed by atoms with E-state index in [1.54, 1.807) is 12.1 Å². The lowest BCUT2D eigenvalue weighted by Crippen LogP contribution is -2.00. The number of hydrogen-bond donors (Lipinski definition) is 2. The third-order valence-corrected chi connectivity index (χ3v) is 3.94. The lowest BCUT2D eigenvalue weighted by Gasteiger charge is -2.09. The molecule has 21 heavy (non-hydrogen) atoms. The van der Waals surface area contributed by atoms with Gasteiger partial charge in [-0.3, -0.25) is 0 Å². The monoisotopic (exact) mass is 345 g/mol. The number of aryl methyl sites for hydroxylation is 1. The Morgan fingerprint density at radius 1 is 1.24 bits per heavy atom. The molecule has 108 valence electrons. The molecule has 1 aromatic heterocycles. The molecule has 0 saturated heterocycles. The molecule has 0 fully saturated rings. The van der Waals surface area contributed by atoms with Gasteiger partial charge in [-0.15, -0.1) is 0 Å². The van der Waals surface area contributed by atoms with E-state index >= 15 is 0 Å². The number of benzene rings is 2. The van der Waals surface area contributed by atoms with Crippen molar-refractivity contribution in [3.8, 4) is 17.1 Å². The maximum Gasteiger partial charge on any atom is 0.141 e. The van der Waals surface area contributed by atoms with Crippen molar-refractivity contribution in [2.75, 3.05) is 5.73 Å². The van der Waals surface area contributed by atoms with Gasteiger partial charge in [0.25, 0.3) is 0 Å². The Bertz CT molecular complexity index is 811. The summed E-state index contributed by atoms with van der Waals surface area (Å²) in [5, 5.41) is 9.83. The van der Waals surface area contributed by atoms with Crippen LogP contribution in [0, 0.1) is 0 Å². The molecule has 0 unspecified atom stereocenters. The predicted octanol–water partition coefficient (Wildman–Crippen LogP) is 4.16. The minimum atomic E-state index is 0.0868. The largest absolute Gasteiger partial charge is 0.506 e. The number of phenolic OH excluding ortho intramolecular Hbond substituents is 1. The molecule has 2 aromatic carbocycles. The highest BCUT2D eigenvalue weighted by Crippen LogP contribution is 2.31. The van der Waals surface area contributed by atoms with Crippen LogP contribution in [-0.2, 0) is 6.54 Å². The Kier molecular flexibility index (Phi) is 3.59. The number of halogens is 1. The van der Waals surface area contributed by atoms with Crippen molar-refractivity contribution in [2.24, 2.45) is 0 Å². The third kappa shape index (κ3) is 2.49. The van der Waals surface area contributed by atoms with Gasteiger partial charge in [0.2, 0.25) is 0 Å². The van der Waals surface area contributed by atoms with Crippen LogP contribution in [0.3, 0.4) is 0 Å². The Morgan fingerprint density at radius 3 is 2.76 bits per heavy atom. The van der Waals surface area contributed by atoms with Crippen molar-refractivity contribution in [2.45, 2.75) is 19.9 Å². The van der Waals surface area contributed by atoms with Gasteiger partial charge in [0.1, 0.15) is 11.6 Å². The molecule has 0 aliphatic rings. The Balaban J connectivity index is 2.24. The summed E-state index contributed by atoms with van der Waals surface area (Å²) in [7, 11) is 0. The van der Waals surface area contributed by atoms with Gasteiger partial charge in [-0.05, 0) is 42.8 Å². The van der Waals surface area contributed by atoms with Crippen molar-refractivity contribution in [1.82, 2.24) is 9.55 Å². The second kappa shape index (κ2) is 5.41. The van der Waals surface area contributed by atoms with Crippen molar-refractivity contribution < 1.29 is 5.11 Å². The predicted molar refractivity (Wildman–Crippen MR) is 89.2 cm³/mol. The fraction of sp³-hybridized carbons (Fsp3) is 0.188. The molecule has 0 amide bonds. The van der Waals surface area contributed by atoms with E-state index in [9.17, 15) is 5.11 Å². The first kappa shape index (κ1) is 13.9. The number of hydrogen-bond acceptors (Lipinski definition) is 3. The molecule has 0 radical (unpaired) electrons. The Labute approximate surface area is 131 Å². The molecule has 0 saturated carbocycles. The van der Waals surface area contributed by atoms with Gasteiger partial charge in [0.15, 0.2) is 0 Å². The molecular formula is C16H16BrN3O. The Hall–Kier alpha value is -2.01. The van der Waals surface area contributed by atoms with Gasteiger partial charge < -0.3 is 15.4 Å². The van der Waals surface area contributed by atoms with E-state index < -0.39 is 0 Å². The van der Waals surface area contributed by atoms with Crippen molar-refractivity contribution in [3.05, 3.63) is 40.9 Å². The van der Waals surface area contributed by atoms with Crippen LogP contribution >= 0.6 is 15.9 Å². The smallest absolute Gasteiger partial charge is 0.141 e. The zero-order valence-electron chi connectivity index (χ0n) is 11.7. The topological polar surface area (TPSA) is 64.1 Å². The number of nitrogen functional groups attached to an aromatic ring is 1. The number of phenols is 1. The minimum absolute atomic E-state index is 0.0868. The van der Waals surface area contributed by atoms with Crippen LogP contribution in [0.5, 0.6) is 5.75 Å². The minimum Gasteiger partial charge on any atom is -0.506 e. The number of aromatic hydroxyl groups is 1. The van der Waals surface area contributed by atoms with Crippen molar-refractivity contribution in [1.29, 1.82) is 0 Å². The first-order valence-corrected chi connectivity index (χ1v) is 7.64. The average molecular weight is 346 g/mol. The fourth-order valence-electron chi connectivity index (χ4n) is 2.46. The normalized spacial score (nSPS) is 11.1. The van der Waals surface area contributed by atoms with Crippen LogP contribution < -0.4 is 5.73 Å². The lowest BCUT2D eigenvalue weighted by atomic mass is 10.2. The number of fused-ring (bicyclic) bond motifs is 1. The van der Waals surface area contributed by atoms with Gasteiger partial charge in [-0.2, -0.15) is 0 Å². The second-order valence-corrected chi connectivity index (χ2v) is 5.91. The van der Waals surface area contributed by atoms with Gasteiger partial charge in [0, 0.05) is 16.6 Å². The van der Waals surface area contributed by atoms with E-state index in [1.165, 1.54) is 0 Å². The summed E-state index contributed by atoms with van der Waals surface area (Å²) in [6, 6.07) is 11.3. The molecule has 0 atom stereocenters. The van der Waals surface area contributed by atoms with Crippen LogP contribution in [-0.4, -0.2) is 14.7 Å². The van der Waals surface area contributed by atoms with Crippen LogP contribution in [0.25, 0.3) is 22.4 Å². The standard InChI is InChI=1S/C16H16BrN3O/c1-2-7-20-14-6-4-11(17)9-13(14)19-16(20)10-3-5-12(18)15(21)8-10/h3-6,8-9,21H,2,7,18H2,1H3. The maximum absolute atomic E-state index is 9.83. The average Bonchev–Trinajstić information content (AvgIpc) is 2.80. The van der Waals surface area contributed by atoms with Gasteiger partial charge >= 0.3 is 0 Å². The summed E-state index contributed by atoms with van der Waals surface area (Å²) in [6.07, 6.45) is 1.01. The van der Waals surface area contributed by atoms with Crippen molar-refractivity contribution >= 4 is 32.7 Å². The molecule has 1 heterocycles. The summed E-state index contributed by atoms with van der Waals surface area (Å²) in [5.74, 6) is 0.934. The molecule has 4 nitrogen and oxygen atoms in total. The second-order valence-electron chi connectivity index (χ2n) is 4.99. The van der Waals surface area contributed by atoms with Crippen LogP contribution in [0.2, 0.25) is 0 Å². The van der Waals surface area contributed by atoms with Gasteiger partial charge in [-0.1, -0.05) is 22.9 Å². The molecule has 0 spiro atoms. The first-order valence-electron chi connectivity index (χ1n) is 6.85. The number of aromatic nitrogens is 2. The number of nitrogens with two attached hydrogens (primary N) is 1. The SMILES string of the molecule is CCCn1c(-c2ccc(N)c(O)c2)nc2cc(Br)ccc21. The van der Waals surface area contributed by atoms with Gasteiger partial charge in [-0.25, -0.2) is 4.98 Å². The number of nitrogens with zero attached hydrogens (tertiary/aromatic N) is 2. The first-order chi connectivity index (χ1) is 10.1. The van der Waals surface area contributed by atoms with Crippen molar-refractivity contribution in [3.63, 3.8) is 0 Å². The van der Waals surface area contributed by atoms with Crippen LogP contribution in [0.15, 0.2) is 40.9 Å². The van der Waals surface area contributed by atoms with Crippen LogP contribution in [0.1, 0.15) is 13.3 Å². The summed E-state index contributed by atoms with van der Waals surface area (Å²) in [6.45, 7) is 3.01. The zero-order chi connectivity index (χ0) is 15.0. The summed E-state index contributed by atoms with van der Waals surface area (Å²) in [4.78, 5) is 4.71. The molecule has 0 aliphatic carbocycles. The van der Waals surface area contributed by atoms with Gasteiger partial charge in [0.05, 0.1) is 16.7 Å². The zero-order valence-corrected chi connectivity index (χ0v) is 13.3. The van der Waals surface area contributed by atoms with E-state index in [-0.39, 0.29) is 5.75 Å². The Morgan fingerprint density at radius 2 is 2.05 bits per heavy atom. The number of anilines is 1. The summed E-state index contributed by atoms with van der Waals surface area (Å²) < 4.78 is 3.18.